The third kappa shape index (κ3) is 4.80. The van der Waals surface area contributed by atoms with Crippen LogP contribution < -0.4 is 15.6 Å². The zero-order valence-corrected chi connectivity index (χ0v) is 17.9. The second-order valence-corrected chi connectivity index (χ2v) is 9.86. The van der Waals surface area contributed by atoms with Crippen molar-refractivity contribution >= 4 is 20.9 Å². The Morgan fingerprint density at radius 3 is 2.73 bits per heavy atom. The van der Waals surface area contributed by atoms with E-state index in [1.165, 1.54) is 0 Å². The number of sulfonamides is 1. The van der Waals surface area contributed by atoms with Crippen LogP contribution in [0.1, 0.15) is 18.4 Å². The SMILES string of the molecule is CS(=O)(=O)NCc1cccc(-c2cc(=O)n(CC3CCCNC3)c3ccccc23)c1. The predicted octanol–water partition coefficient (Wildman–Crippen LogP) is 2.72. The van der Waals surface area contributed by atoms with Gasteiger partial charge in [-0.05, 0) is 60.7 Å². The molecule has 0 saturated carbocycles. The van der Waals surface area contributed by atoms with E-state index in [2.05, 4.69) is 10.0 Å². The molecule has 0 radical (unpaired) electrons. The van der Waals surface area contributed by atoms with Crippen molar-refractivity contribution in [2.24, 2.45) is 5.92 Å². The molecule has 2 aromatic carbocycles. The van der Waals surface area contributed by atoms with Crippen LogP contribution in [-0.4, -0.2) is 32.3 Å². The average Bonchev–Trinajstić information content (AvgIpc) is 2.74. The Morgan fingerprint density at radius 1 is 1.13 bits per heavy atom. The molecule has 0 spiro atoms. The first-order valence-electron chi connectivity index (χ1n) is 10.3. The van der Waals surface area contributed by atoms with Crippen LogP contribution in [0.5, 0.6) is 0 Å². The molecule has 1 fully saturated rings. The molecule has 3 aromatic rings. The average molecular weight is 426 g/mol. The van der Waals surface area contributed by atoms with Gasteiger partial charge in [0.25, 0.3) is 5.56 Å². The van der Waals surface area contributed by atoms with Crippen molar-refractivity contribution in [3.05, 3.63) is 70.5 Å². The maximum atomic E-state index is 13.1. The standard InChI is InChI=1S/C23H27N3O3S/c1-30(28,29)25-15-17-6-4-8-19(12-17)21-13-23(27)26(16-18-7-5-11-24-14-18)22-10-3-2-9-20(21)22/h2-4,6,8-10,12-13,18,24-25H,5,7,11,14-16H2,1H3. The molecule has 2 heterocycles. The lowest BCUT2D eigenvalue weighted by Gasteiger charge is -2.24. The van der Waals surface area contributed by atoms with Crippen LogP contribution in [-0.2, 0) is 23.1 Å². The van der Waals surface area contributed by atoms with Crippen molar-refractivity contribution in [3.63, 3.8) is 0 Å². The van der Waals surface area contributed by atoms with Gasteiger partial charge in [0.2, 0.25) is 10.0 Å². The van der Waals surface area contributed by atoms with Crippen LogP contribution in [0.3, 0.4) is 0 Å². The Kier molecular flexibility index (Phi) is 6.04. The quantitative estimate of drug-likeness (QED) is 0.636. The van der Waals surface area contributed by atoms with Gasteiger partial charge in [0.1, 0.15) is 0 Å². The molecular weight excluding hydrogens is 398 g/mol. The van der Waals surface area contributed by atoms with Gasteiger partial charge in [-0.2, -0.15) is 0 Å². The Bertz CT molecular complexity index is 1210. The highest BCUT2D eigenvalue weighted by atomic mass is 32.2. The molecule has 4 rings (SSSR count). The largest absolute Gasteiger partial charge is 0.316 e. The van der Waals surface area contributed by atoms with Gasteiger partial charge < -0.3 is 9.88 Å². The number of benzene rings is 2. The highest BCUT2D eigenvalue weighted by Crippen LogP contribution is 2.28. The molecule has 1 aliphatic heterocycles. The number of rotatable bonds is 6. The monoisotopic (exact) mass is 425 g/mol. The van der Waals surface area contributed by atoms with Crippen molar-refractivity contribution in [3.8, 4) is 11.1 Å². The van der Waals surface area contributed by atoms with Gasteiger partial charge in [-0.1, -0.05) is 36.4 Å². The molecule has 1 unspecified atom stereocenters. The molecule has 6 nitrogen and oxygen atoms in total. The molecule has 0 aliphatic carbocycles. The van der Waals surface area contributed by atoms with Crippen LogP contribution in [0.15, 0.2) is 59.4 Å². The van der Waals surface area contributed by atoms with E-state index < -0.39 is 10.0 Å². The molecule has 0 bridgehead atoms. The van der Waals surface area contributed by atoms with E-state index in [0.717, 1.165) is 59.8 Å². The van der Waals surface area contributed by atoms with E-state index in [4.69, 9.17) is 0 Å². The molecule has 1 saturated heterocycles. The van der Waals surface area contributed by atoms with Crippen molar-refractivity contribution in [2.75, 3.05) is 19.3 Å². The lowest BCUT2D eigenvalue weighted by molar-refractivity contribution is 0.338. The number of para-hydroxylation sites is 1. The summed E-state index contributed by atoms with van der Waals surface area (Å²) in [6, 6.07) is 17.4. The Hall–Kier alpha value is -2.48. The fourth-order valence-corrected chi connectivity index (χ4v) is 4.59. The molecule has 30 heavy (non-hydrogen) atoms. The first-order chi connectivity index (χ1) is 14.4. The van der Waals surface area contributed by atoms with E-state index in [-0.39, 0.29) is 12.1 Å². The van der Waals surface area contributed by atoms with Crippen molar-refractivity contribution in [1.82, 2.24) is 14.6 Å². The van der Waals surface area contributed by atoms with E-state index in [0.29, 0.717) is 12.5 Å². The topological polar surface area (TPSA) is 80.2 Å². The number of nitrogens with one attached hydrogen (secondary N) is 2. The molecule has 2 N–H and O–H groups in total. The molecular formula is C23H27N3O3S. The fourth-order valence-electron chi connectivity index (χ4n) is 4.16. The molecule has 0 amide bonds. The summed E-state index contributed by atoms with van der Waals surface area (Å²) in [6.45, 7) is 2.93. The number of hydrogen-bond donors (Lipinski definition) is 2. The first kappa shape index (κ1) is 20.8. The highest BCUT2D eigenvalue weighted by molar-refractivity contribution is 7.88. The van der Waals surface area contributed by atoms with Gasteiger partial charge in [-0.3, -0.25) is 4.79 Å². The summed E-state index contributed by atoms with van der Waals surface area (Å²) in [5.74, 6) is 0.455. The minimum atomic E-state index is -3.27. The van der Waals surface area contributed by atoms with Crippen molar-refractivity contribution in [1.29, 1.82) is 0 Å². The Morgan fingerprint density at radius 2 is 1.97 bits per heavy atom. The predicted molar refractivity (Wildman–Crippen MR) is 121 cm³/mol. The molecule has 1 atom stereocenters. The maximum Gasteiger partial charge on any atom is 0.251 e. The molecule has 7 heteroatoms. The van der Waals surface area contributed by atoms with E-state index in [9.17, 15) is 13.2 Å². The van der Waals surface area contributed by atoms with Gasteiger partial charge in [0, 0.05) is 24.5 Å². The van der Waals surface area contributed by atoms with Gasteiger partial charge in [0.05, 0.1) is 11.8 Å². The van der Waals surface area contributed by atoms with Crippen molar-refractivity contribution in [2.45, 2.75) is 25.9 Å². The zero-order chi connectivity index (χ0) is 21.1. The Labute approximate surface area is 177 Å². The number of nitrogens with zero attached hydrogens (tertiary/aromatic N) is 1. The summed E-state index contributed by atoms with van der Waals surface area (Å²) in [4.78, 5) is 13.1. The number of pyridine rings is 1. The summed E-state index contributed by atoms with van der Waals surface area (Å²) >= 11 is 0. The maximum absolute atomic E-state index is 13.1. The molecule has 158 valence electrons. The van der Waals surface area contributed by atoms with Crippen LogP contribution in [0.2, 0.25) is 0 Å². The lowest BCUT2D eigenvalue weighted by atomic mass is 9.97. The number of piperidine rings is 1. The normalized spacial score (nSPS) is 17.3. The van der Waals surface area contributed by atoms with Crippen LogP contribution in [0.25, 0.3) is 22.0 Å². The fraction of sp³-hybridized carbons (Fsp3) is 0.348. The van der Waals surface area contributed by atoms with Crippen molar-refractivity contribution < 1.29 is 8.42 Å². The second-order valence-electron chi connectivity index (χ2n) is 8.03. The van der Waals surface area contributed by atoms with Crippen LogP contribution in [0.4, 0.5) is 0 Å². The molecule has 1 aliphatic rings. The van der Waals surface area contributed by atoms with Gasteiger partial charge in [-0.25, -0.2) is 13.1 Å². The van der Waals surface area contributed by atoms with Gasteiger partial charge in [0.15, 0.2) is 0 Å². The number of fused-ring (bicyclic) bond motifs is 1. The number of aromatic nitrogens is 1. The number of hydrogen-bond acceptors (Lipinski definition) is 4. The summed E-state index contributed by atoms with van der Waals surface area (Å²) in [5, 5.41) is 4.45. The smallest absolute Gasteiger partial charge is 0.251 e. The van der Waals surface area contributed by atoms with E-state index in [1.54, 1.807) is 6.07 Å². The van der Waals surface area contributed by atoms with Crippen LogP contribution in [0, 0.1) is 5.92 Å². The minimum Gasteiger partial charge on any atom is -0.316 e. The summed E-state index contributed by atoms with van der Waals surface area (Å²) < 4.78 is 27.3. The highest BCUT2D eigenvalue weighted by Gasteiger charge is 2.17. The summed E-state index contributed by atoms with van der Waals surface area (Å²) in [6.07, 6.45) is 3.42. The Balaban J connectivity index is 1.74. The first-order valence-corrected chi connectivity index (χ1v) is 12.2. The zero-order valence-electron chi connectivity index (χ0n) is 17.1. The third-order valence-corrected chi connectivity index (χ3v) is 6.30. The van der Waals surface area contributed by atoms with Gasteiger partial charge in [-0.15, -0.1) is 0 Å². The minimum absolute atomic E-state index is 0.00561. The summed E-state index contributed by atoms with van der Waals surface area (Å²) in [7, 11) is -3.27. The third-order valence-electron chi connectivity index (χ3n) is 5.64. The van der Waals surface area contributed by atoms with E-state index in [1.807, 2.05) is 53.1 Å². The van der Waals surface area contributed by atoms with Gasteiger partial charge >= 0.3 is 0 Å². The van der Waals surface area contributed by atoms with Crippen LogP contribution >= 0.6 is 0 Å². The van der Waals surface area contributed by atoms with E-state index >= 15 is 0 Å². The lowest BCUT2D eigenvalue weighted by Crippen LogP contribution is -2.34. The molecule has 1 aromatic heterocycles. The second kappa shape index (κ2) is 8.71. The summed E-state index contributed by atoms with van der Waals surface area (Å²) in [5.41, 5.74) is 3.55.